The first-order valence-corrected chi connectivity index (χ1v) is 6.66. The average molecular weight is 277 g/mol. The maximum absolute atomic E-state index is 11.9. The zero-order valence-corrected chi connectivity index (χ0v) is 12.8. The quantitative estimate of drug-likeness (QED) is 0.813. The summed E-state index contributed by atoms with van der Waals surface area (Å²) in [5.74, 6) is 1.71. The van der Waals surface area contributed by atoms with E-state index in [1.165, 1.54) is 0 Å². The van der Waals surface area contributed by atoms with Crippen LogP contribution in [0.15, 0.2) is 23.8 Å². The van der Waals surface area contributed by atoms with Gasteiger partial charge in [0.15, 0.2) is 11.5 Å². The van der Waals surface area contributed by atoms with Crippen molar-refractivity contribution in [3.8, 4) is 11.5 Å². The molecule has 4 nitrogen and oxygen atoms in total. The van der Waals surface area contributed by atoms with Crippen LogP contribution in [0.3, 0.4) is 0 Å². The van der Waals surface area contributed by atoms with Crippen LogP contribution in [0.25, 0.3) is 6.08 Å². The molecule has 0 radical (unpaired) electrons. The third-order valence-electron chi connectivity index (χ3n) is 2.82. The smallest absolute Gasteiger partial charge is 0.246 e. The zero-order chi connectivity index (χ0) is 15.1. The highest BCUT2D eigenvalue weighted by molar-refractivity contribution is 5.97. The number of carbonyl (C=O) groups is 1. The SMILES string of the molecule is COc1ccc(/C=C(\C)C(=O)NCC(C)C)cc1OC. The summed E-state index contributed by atoms with van der Waals surface area (Å²) in [7, 11) is 3.19. The summed E-state index contributed by atoms with van der Waals surface area (Å²) in [5, 5.41) is 2.89. The molecule has 1 amide bonds. The lowest BCUT2D eigenvalue weighted by Gasteiger charge is -2.09. The summed E-state index contributed by atoms with van der Waals surface area (Å²) >= 11 is 0. The second-order valence-electron chi connectivity index (χ2n) is 5.05. The number of ether oxygens (including phenoxy) is 2. The topological polar surface area (TPSA) is 47.6 Å². The van der Waals surface area contributed by atoms with E-state index in [9.17, 15) is 4.79 Å². The fraction of sp³-hybridized carbons (Fsp3) is 0.438. The normalized spacial score (nSPS) is 11.4. The number of hydrogen-bond donors (Lipinski definition) is 1. The lowest BCUT2D eigenvalue weighted by molar-refractivity contribution is -0.117. The van der Waals surface area contributed by atoms with E-state index in [0.29, 0.717) is 29.5 Å². The highest BCUT2D eigenvalue weighted by Crippen LogP contribution is 2.28. The van der Waals surface area contributed by atoms with E-state index in [1.807, 2.05) is 24.3 Å². The highest BCUT2D eigenvalue weighted by atomic mass is 16.5. The predicted molar refractivity (Wildman–Crippen MR) is 81.0 cm³/mol. The highest BCUT2D eigenvalue weighted by Gasteiger charge is 2.07. The molecule has 110 valence electrons. The van der Waals surface area contributed by atoms with Crippen LogP contribution in [0.5, 0.6) is 11.5 Å². The Balaban J connectivity index is 2.84. The lowest BCUT2D eigenvalue weighted by atomic mass is 10.1. The summed E-state index contributed by atoms with van der Waals surface area (Å²) in [6.07, 6.45) is 1.83. The maximum atomic E-state index is 11.9. The van der Waals surface area contributed by atoms with Crippen molar-refractivity contribution in [2.45, 2.75) is 20.8 Å². The molecule has 0 aliphatic heterocycles. The number of carbonyl (C=O) groups excluding carboxylic acids is 1. The molecule has 0 unspecified atom stereocenters. The van der Waals surface area contributed by atoms with Gasteiger partial charge in [0.2, 0.25) is 5.91 Å². The van der Waals surface area contributed by atoms with Crippen molar-refractivity contribution < 1.29 is 14.3 Å². The van der Waals surface area contributed by atoms with Crippen LogP contribution in [-0.2, 0) is 4.79 Å². The van der Waals surface area contributed by atoms with Gasteiger partial charge in [0.1, 0.15) is 0 Å². The Morgan fingerprint density at radius 3 is 2.45 bits per heavy atom. The second-order valence-corrected chi connectivity index (χ2v) is 5.05. The molecule has 1 aromatic carbocycles. The Labute approximate surface area is 120 Å². The van der Waals surface area contributed by atoms with E-state index in [4.69, 9.17) is 9.47 Å². The van der Waals surface area contributed by atoms with Crippen molar-refractivity contribution in [2.24, 2.45) is 5.92 Å². The minimum absolute atomic E-state index is 0.0477. The molecule has 0 fully saturated rings. The molecule has 0 aromatic heterocycles. The van der Waals surface area contributed by atoms with E-state index < -0.39 is 0 Å². The van der Waals surface area contributed by atoms with Gasteiger partial charge in [-0.2, -0.15) is 0 Å². The van der Waals surface area contributed by atoms with Gasteiger partial charge in [-0.15, -0.1) is 0 Å². The van der Waals surface area contributed by atoms with E-state index in [-0.39, 0.29) is 5.91 Å². The second kappa shape index (κ2) is 7.58. The summed E-state index contributed by atoms with van der Waals surface area (Å²) in [6.45, 7) is 6.60. The van der Waals surface area contributed by atoms with Gasteiger partial charge in [0.25, 0.3) is 0 Å². The van der Waals surface area contributed by atoms with Crippen molar-refractivity contribution in [3.63, 3.8) is 0 Å². The Bertz CT molecular complexity index is 492. The number of rotatable bonds is 6. The summed E-state index contributed by atoms with van der Waals surface area (Å²) in [6, 6.07) is 5.56. The fourth-order valence-corrected chi connectivity index (χ4v) is 1.69. The van der Waals surface area contributed by atoms with E-state index in [2.05, 4.69) is 19.2 Å². The van der Waals surface area contributed by atoms with Crippen LogP contribution in [0, 0.1) is 5.92 Å². The molecule has 0 saturated heterocycles. The first-order valence-electron chi connectivity index (χ1n) is 6.66. The Hall–Kier alpha value is -1.97. The molecule has 0 saturated carbocycles. The van der Waals surface area contributed by atoms with Gasteiger partial charge in [-0.05, 0) is 36.6 Å². The van der Waals surface area contributed by atoms with Gasteiger partial charge in [0, 0.05) is 12.1 Å². The van der Waals surface area contributed by atoms with Gasteiger partial charge in [0.05, 0.1) is 14.2 Å². The molecule has 4 heteroatoms. The fourth-order valence-electron chi connectivity index (χ4n) is 1.69. The summed E-state index contributed by atoms with van der Waals surface area (Å²) < 4.78 is 10.4. The molecular formula is C16H23NO3. The van der Waals surface area contributed by atoms with Crippen molar-refractivity contribution in [2.75, 3.05) is 20.8 Å². The molecule has 0 aliphatic carbocycles. The minimum Gasteiger partial charge on any atom is -0.493 e. The van der Waals surface area contributed by atoms with Gasteiger partial charge >= 0.3 is 0 Å². The Kier molecular flexibility index (Phi) is 6.10. The standard InChI is InChI=1S/C16H23NO3/c1-11(2)10-17-16(18)12(3)8-13-6-7-14(19-4)15(9-13)20-5/h6-9,11H,10H2,1-5H3,(H,17,18)/b12-8+. The Morgan fingerprint density at radius 1 is 1.25 bits per heavy atom. The third kappa shape index (κ3) is 4.61. The van der Waals surface area contributed by atoms with Crippen LogP contribution in [-0.4, -0.2) is 26.7 Å². The van der Waals surface area contributed by atoms with Crippen molar-refractivity contribution in [3.05, 3.63) is 29.3 Å². The number of hydrogen-bond acceptors (Lipinski definition) is 3. The van der Waals surface area contributed by atoms with E-state index in [0.717, 1.165) is 5.56 Å². The maximum Gasteiger partial charge on any atom is 0.246 e. The summed E-state index contributed by atoms with van der Waals surface area (Å²) in [5.41, 5.74) is 1.57. The number of benzene rings is 1. The Morgan fingerprint density at radius 2 is 1.90 bits per heavy atom. The molecular weight excluding hydrogens is 254 g/mol. The van der Waals surface area contributed by atoms with Gasteiger partial charge in [-0.3, -0.25) is 4.79 Å². The van der Waals surface area contributed by atoms with E-state index >= 15 is 0 Å². The number of nitrogens with one attached hydrogen (secondary N) is 1. The van der Waals surface area contributed by atoms with Crippen LogP contribution in [0.4, 0.5) is 0 Å². The third-order valence-corrected chi connectivity index (χ3v) is 2.82. The minimum atomic E-state index is -0.0477. The molecule has 20 heavy (non-hydrogen) atoms. The van der Waals surface area contributed by atoms with Crippen LogP contribution in [0.2, 0.25) is 0 Å². The molecule has 1 aromatic rings. The van der Waals surface area contributed by atoms with Crippen LogP contribution in [0.1, 0.15) is 26.3 Å². The lowest BCUT2D eigenvalue weighted by Crippen LogP contribution is -2.27. The summed E-state index contributed by atoms with van der Waals surface area (Å²) in [4.78, 5) is 11.9. The molecule has 0 heterocycles. The number of amides is 1. The molecule has 0 atom stereocenters. The first kappa shape index (κ1) is 16.1. The predicted octanol–water partition coefficient (Wildman–Crippen LogP) is 2.88. The van der Waals surface area contributed by atoms with E-state index in [1.54, 1.807) is 21.1 Å². The van der Waals surface area contributed by atoms with Gasteiger partial charge < -0.3 is 14.8 Å². The average Bonchev–Trinajstić information content (AvgIpc) is 2.44. The number of methoxy groups -OCH3 is 2. The first-order chi connectivity index (χ1) is 9.47. The van der Waals surface area contributed by atoms with Crippen LogP contribution >= 0.6 is 0 Å². The molecule has 1 N–H and O–H groups in total. The molecule has 0 spiro atoms. The zero-order valence-electron chi connectivity index (χ0n) is 12.8. The van der Waals surface area contributed by atoms with Crippen molar-refractivity contribution in [1.82, 2.24) is 5.32 Å². The molecule has 0 bridgehead atoms. The van der Waals surface area contributed by atoms with Gasteiger partial charge in [-0.25, -0.2) is 0 Å². The van der Waals surface area contributed by atoms with Crippen molar-refractivity contribution >= 4 is 12.0 Å². The monoisotopic (exact) mass is 277 g/mol. The molecule has 1 rings (SSSR count). The molecule has 0 aliphatic rings. The van der Waals surface area contributed by atoms with Gasteiger partial charge in [-0.1, -0.05) is 19.9 Å². The van der Waals surface area contributed by atoms with Crippen molar-refractivity contribution in [1.29, 1.82) is 0 Å². The van der Waals surface area contributed by atoms with Crippen LogP contribution < -0.4 is 14.8 Å². The largest absolute Gasteiger partial charge is 0.493 e.